The van der Waals surface area contributed by atoms with Gasteiger partial charge < -0.3 is 19.5 Å². The first kappa shape index (κ1) is 16.0. The molecule has 1 N–H and O–H groups in total. The molecule has 25 heavy (non-hydrogen) atoms. The van der Waals surface area contributed by atoms with Crippen molar-refractivity contribution in [3.8, 4) is 0 Å². The van der Waals surface area contributed by atoms with Crippen molar-refractivity contribution in [2.45, 2.75) is 6.10 Å². The molecule has 0 aromatic carbocycles. The first-order valence-electron chi connectivity index (χ1n) is 8.09. The maximum atomic E-state index is 12.8. The number of morpholine rings is 1. The van der Waals surface area contributed by atoms with Crippen molar-refractivity contribution < 1.29 is 9.53 Å². The molecule has 1 unspecified atom stereocenters. The van der Waals surface area contributed by atoms with Gasteiger partial charge in [-0.1, -0.05) is 0 Å². The fourth-order valence-corrected chi connectivity index (χ4v) is 3.69. The standard InChI is InChI=1S/C17H19N5O2S/c1-21(2)17-18-5-3-11(20-17)14-10-22(6-7-24-14)16(23)13-9-15-12(19-13)4-8-25-15/h3-5,8-9,14,19H,6-7,10H2,1-2H3. The van der Waals surface area contributed by atoms with Crippen molar-refractivity contribution in [3.63, 3.8) is 0 Å². The van der Waals surface area contributed by atoms with Gasteiger partial charge in [0.05, 0.1) is 29.1 Å². The molecule has 0 aliphatic carbocycles. The van der Waals surface area contributed by atoms with E-state index in [1.54, 1.807) is 17.5 Å². The highest BCUT2D eigenvalue weighted by Gasteiger charge is 2.28. The molecule has 0 bridgehead atoms. The molecule has 0 saturated carbocycles. The normalized spacial score (nSPS) is 17.8. The van der Waals surface area contributed by atoms with E-state index < -0.39 is 0 Å². The molecule has 3 aromatic heterocycles. The second-order valence-corrected chi connectivity index (χ2v) is 7.12. The molecule has 0 radical (unpaired) electrons. The molecular weight excluding hydrogens is 338 g/mol. The molecule has 130 valence electrons. The minimum Gasteiger partial charge on any atom is -0.368 e. The maximum Gasteiger partial charge on any atom is 0.270 e. The summed E-state index contributed by atoms with van der Waals surface area (Å²) in [4.78, 5) is 28.5. The summed E-state index contributed by atoms with van der Waals surface area (Å²) in [5.74, 6) is 0.632. The second kappa shape index (κ2) is 6.45. The highest BCUT2D eigenvalue weighted by molar-refractivity contribution is 7.17. The van der Waals surface area contributed by atoms with Gasteiger partial charge in [-0.2, -0.15) is 0 Å². The number of nitrogens with one attached hydrogen (secondary N) is 1. The number of fused-ring (bicyclic) bond motifs is 1. The topological polar surface area (TPSA) is 74.4 Å². The summed E-state index contributed by atoms with van der Waals surface area (Å²) in [7, 11) is 3.79. The third-order valence-corrected chi connectivity index (χ3v) is 5.08. The molecule has 1 aliphatic heterocycles. The number of hydrogen-bond donors (Lipinski definition) is 1. The number of hydrogen-bond acceptors (Lipinski definition) is 6. The number of rotatable bonds is 3. The van der Waals surface area contributed by atoms with Crippen LogP contribution in [0.2, 0.25) is 0 Å². The van der Waals surface area contributed by atoms with E-state index in [1.807, 2.05) is 47.5 Å². The third kappa shape index (κ3) is 3.10. The van der Waals surface area contributed by atoms with Crippen molar-refractivity contribution >= 4 is 33.4 Å². The largest absolute Gasteiger partial charge is 0.368 e. The van der Waals surface area contributed by atoms with Gasteiger partial charge in [-0.05, 0) is 23.6 Å². The maximum absolute atomic E-state index is 12.8. The number of ether oxygens (including phenoxy) is 1. The number of thiophene rings is 1. The van der Waals surface area contributed by atoms with E-state index in [-0.39, 0.29) is 12.0 Å². The second-order valence-electron chi connectivity index (χ2n) is 6.17. The molecule has 7 nitrogen and oxygen atoms in total. The Balaban J connectivity index is 1.53. The van der Waals surface area contributed by atoms with Crippen molar-refractivity contribution in [3.05, 3.63) is 41.2 Å². The fourth-order valence-electron chi connectivity index (χ4n) is 2.90. The minimum atomic E-state index is -0.240. The van der Waals surface area contributed by atoms with E-state index >= 15 is 0 Å². The summed E-state index contributed by atoms with van der Waals surface area (Å²) in [6.07, 6.45) is 1.48. The Bertz CT molecular complexity index is 875. The van der Waals surface area contributed by atoms with Crippen LogP contribution < -0.4 is 4.90 Å². The van der Waals surface area contributed by atoms with Crippen LogP contribution in [-0.4, -0.2) is 59.6 Å². The lowest BCUT2D eigenvalue weighted by atomic mass is 10.2. The van der Waals surface area contributed by atoms with Crippen LogP contribution in [0, 0.1) is 0 Å². The number of aromatic nitrogens is 3. The Labute approximate surface area is 149 Å². The van der Waals surface area contributed by atoms with Gasteiger partial charge in [-0.25, -0.2) is 9.97 Å². The van der Waals surface area contributed by atoms with Crippen LogP contribution in [-0.2, 0) is 4.74 Å². The highest BCUT2D eigenvalue weighted by atomic mass is 32.1. The van der Waals surface area contributed by atoms with Crippen LogP contribution in [0.25, 0.3) is 10.2 Å². The molecule has 1 fully saturated rings. The summed E-state index contributed by atoms with van der Waals surface area (Å²) in [6.45, 7) is 1.55. The SMILES string of the molecule is CN(C)c1nccc(C2CN(C(=O)c3cc4sccc4[nH]3)CCO2)n1. The van der Waals surface area contributed by atoms with E-state index in [0.29, 0.717) is 31.3 Å². The average molecular weight is 357 g/mol. The molecule has 1 amide bonds. The first-order chi connectivity index (χ1) is 12.1. The van der Waals surface area contributed by atoms with Crippen molar-refractivity contribution in [1.29, 1.82) is 0 Å². The Morgan fingerprint density at radius 2 is 2.32 bits per heavy atom. The van der Waals surface area contributed by atoms with E-state index in [2.05, 4.69) is 15.0 Å². The van der Waals surface area contributed by atoms with Crippen LogP contribution >= 0.6 is 11.3 Å². The van der Waals surface area contributed by atoms with Gasteiger partial charge >= 0.3 is 0 Å². The van der Waals surface area contributed by atoms with Gasteiger partial charge in [-0.15, -0.1) is 11.3 Å². The first-order valence-corrected chi connectivity index (χ1v) is 8.97. The van der Waals surface area contributed by atoms with Crippen molar-refractivity contribution in [1.82, 2.24) is 19.9 Å². The van der Waals surface area contributed by atoms with Crippen molar-refractivity contribution in [2.75, 3.05) is 38.7 Å². The van der Waals surface area contributed by atoms with Crippen LogP contribution in [0.15, 0.2) is 29.8 Å². The summed E-state index contributed by atoms with van der Waals surface area (Å²) in [6, 6.07) is 5.75. The van der Waals surface area contributed by atoms with Crippen LogP contribution in [0.1, 0.15) is 22.3 Å². The zero-order valence-electron chi connectivity index (χ0n) is 14.1. The summed E-state index contributed by atoms with van der Waals surface area (Å²) in [5, 5.41) is 2.01. The summed E-state index contributed by atoms with van der Waals surface area (Å²) >= 11 is 1.63. The molecule has 4 rings (SSSR count). The molecule has 8 heteroatoms. The molecule has 1 atom stereocenters. The van der Waals surface area contributed by atoms with Gasteiger partial charge in [0.1, 0.15) is 11.8 Å². The van der Waals surface area contributed by atoms with Gasteiger partial charge in [-0.3, -0.25) is 4.79 Å². The molecule has 0 spiro atoms. The fraction of sp³-hybridized carbons (Fsp3) is 0.353. The Morgan fingerprint density at radius 1 is 1.44 bits per heavy atom. The quantitative estimate of drug-likeness (QED) is 0.778. The van der Waals surface area contributed by atoms with E-state index in [1.165, 1.54) is 0 Å². The Hall–Kier alpha value is -2.45. The number of aromatic amines is 1. The predicted octanol–water partition coefficient (Wildman–Crippen LogP) is 2.30. The zero-order valence-corrected chi connectivity index (χ0v) is 14.9. The molecule has 4 heterocycles. The van der Waals surface area contributed by atoms with Gasteiger partial charge in [0.25, 0.3) is 5.91 Å². The third-order valence-electron chi connectivity index (χ3n) is 4.22. The smallest absolute Gasteiger partial charge is 0.270 e. The predicted molar refractivity (Wildman–Crippen MR) is 97.1 cm³/mol. The highest BCUT2D eigenvalue weighted by Crippen LogP contribution is 2.25. The van der Waals surface area contributed by atoms with E-state index in [4.69, 9.17) is 4.74 Å². The van der Waals surface area contributed by atoms with Gasteiger partial charge in [0, 0.05) is 26.8 Å². The van der Waals surface area contributed by atoms with E-state index in [0.717, 1.165) is 15.9 Å². The van der Waals surface area contributed by atoms with Crippen LogP contribution in [0.4, 0.5) is 5.95 Å². The van der Waals surface area contributed by atoms with Crippen molar-refractivity contribution in [2.24, 2.45) is 0 Å². The summed E-state index contributed by atoms with van der Waals surface area (Å²) < 4.78 is 6.94. The lowest BCUT2D eigenvalue weighted by Gasteiger charge is -2.32. The number of carbonyl (C=O) groups is 1. The van der Waals surface area contributed by atoms with E-state index in [9.17, 15) is 4.79 Å². The Morgan fingerprint density at radius 3 is 3.12 bits per heavy atom. The van der Waals surface area contributed by atoms with Gasteiger partial charge in [0.2, 0.25) is 5.95 Å². The Kier molecular flexibility index (Phi) is 4.14. The summed E-state index contributed by atoms with van der Waals surface area (Å²) in [5.41, 5.74) is 2.42. The number of anilines is 1. The molecule has 1 saturated heterocycles. The van der Waals surface area contributed by atoms with Crippen LogP contribution in [0.5, 0.6) is 0 Å². The van der Waals surface area contributed by atoms with Gasteiger partial charge in [0.15, 0.2) is 0 Å². The zero-order chi connectivity index (χ0) is 17.4. The molecular formula is C17H19N5O2S. The minimum absolute atomic E-state index is 0.00131. The number of H-pyrrole nitrogens is 1. The number of nitrogens with zero attached hydrogens (tertiary/aromatic N) is 4. The molecule has 3 aromatic rings. The number of carbonyl (C=O) groups excluding carboxylic acids is 1. The lowest BCUT2D eigenvalue weighted by molar-refractivity contribution is -0.0248. The monoisotopic (exact) mass is 357 g/mol. The lowest BCUT2D eigenvalue weighted by Crippen LogP contribution is -2.42. The van der Waals surface area contributed by atoms with Crippen LogP contribution in [0.3, 0.4) is 0 Å². The number of amides is 1. The molecule has 1 aliphatic rings. The average Bonchev–Trinajstić information content (AvgIpc) is 3.23.